The Morgan fingerprint density at radius 3 is 2.47 bits per heavy atom. The van der Waals surface area contributed by atoms with E-state index in [9.17, 15) is 0 Å². The van der Waals surface area contributed by atoms with Crippen LogP contribution in [0, 0.1) is 0 Å². The van der Waals surface area contributed by atoms with Gasteiger partial charge in [0.05, 0.1) is 11.9 Å². The zero-order valence-electron chi connectivity index (χ0n) is 8.88. The lowest BCUT2D eigenvalue weighted by atomic mass is 10.1. The lowest BCUT2D eigenvalue weighted by molar-refractivity contribution is 0.867. The minimum atomic E-state index is 0.389. The Morgan fingerprint density at radius 2 is 1.93 bits per heavy atom. The first-order valence-corrected chi connectivity index (χ1v) is 4.94. The molecule has 4 nitrogen and oxygen atoms in total. The molecule has 2 aromatic heterocycles. The third kappa shape index (κ3) is 1.70. The second-order valence-electron chi connectivity index (χ2n) is 3.76. The van der Waals surface area contributed by atoms with Crippen molar-refractivity contribution in [1.82, 2.24) is 14.8 Å². The average molecular weight is 202 g/mol. The number of hydrogen-bond acceptors (Lipinski definition) is 3. The highest BCUT2D eigenvalue weighted by Crippen LogP contribution is 2.23. The summed E-state index contributed by atoms with van der Waals surface area (Å²) in [6.07, 6.45) is 5.28. The van der Waals surface area contributed by atoms with Gasteiger partial charge in [-0.1, -0.05) is 13.8 Å². The standard InChI is InChI=1S/C11H14N4/c1-8(2)10-7-14-15(11(10)12)9-3-5-13-6-4-9/h3-8H,12H2,1-2H3. The molecule has 0 atom stereocenters. The molecule has 0 aliphatic rings. The van der Waals surface area contributed by atoms with Gasteiger partial charge in [-0.05, 0) is 18.1 Å². The topological polar surface area (TPSA) is 56.7 Å². The maximum absolute atomic E-state index is 6.02. The normalized spacial score (nSPS) is 10.9. The summed E-state index contributed by atoms with van der Waals surface area (Å²) >= 11 is 0. The van der Waals surface area contributed by atoms with Gasteiger partial charge in [0.1, 0.15) is 5.82 Å². The highest BCUT2D eigenvalue weighted by molar-refractivity contribution is 5.47. The third-order valence-corrected chi connectivity index (χ3v) is 2.37. The van der Waals surface area contributed by atoms with Crippen LogP contribution >= 0.6 is 0 Å². The predicted molar refractivity (Wildman–Crippen MR) is 59.9 cm³/mol. The van der Waals surface area contributed by atoms with Gasteiger partial charge in [-0.2, -0.15) is 5.10 Å². The van der Waals surface area contributed by atoms with Crippen molar-refractivity contribution in [3.63, 3.8) is 0 Å². The van der Waals surface area contributed by atoms with E-state index in [0.717, 1.165) is 11.3 Å². The molecule has 0 aliphatic carbocycles. The summed E-state index contributed by atoms with van der Waals surface area (Å²) in [6, 6.07) is 3.76. The number of nitrogens with zero attached hydrogens (tertiary/aromatic N) is 3. The minimum absolute atomic E-state index is 0.389. The van der Waals surface area contributed by atoms with Gasteiger partial charge in [-0.15, -0.1) is 0 Å². The zero-order chi connectivity index (χ0) is 10.8. The lowest BCUT2D eigenvalue weighted by Crippen LogP contribution is -2.03. The van der Waals surface area contributed by atoms with Gasteiger partial charge in [-0.25, -0.2) is 4.68 Å². The molecule has 0 fully saturated rings. The van der Waals surface area contributed by atoms with Gasteiger partial charge in [-0.3, -0.25) is 4.98 Å². The number of rotatable bonds is 2. The molecule has 0 saturated carbocycles. The first kappa shape index (κ1) is 9.71. The number of anilines is 1. The molecule has 2 heterocycles. The summed E-state index contributed by atoms with van der Waals surface area (Å²) in [5, 5.41) is 4.27. The Hall–Kier alpha value is -1.84. The summed E-state index contributed by atoms with van der Waals surface area (Å²) in [4.78, 5) is 3.96. The van der Waals surface area contributed by atoms with Gasteiger partial charge in [0.15, 0.2) is 0 Å². The monoisotopic (exact) mass is 202 g/mol. The average Bonchev–Trinajstić information content (AvgIpc) is 2.61. The Kier molecular flexibility index (Phi) is 2.41. The van der Waals surface area contributed by atoms with Crippen LogP contribution in [0.1, 0.15) is 25.3 Å². The largest absolute Gasteiger partial charge is 0.383 e. The molecule has 2 rings (SSSR count). The number of hydrogen-bond donors (Lipinski definition) is 1. The van der Waals surface area contributed by atoms with E-state index in [0.29, 0.717) is 11.7 Å². The SMILES string of the molecule is CC(C)c1cnn(-c2ccncc2)c1N. The van der Waals surface area contributed by atoms with Crippen molar-refractivity contribution >= 4 is 5.82 Å². The molecule has 0 aromatic carbocycles. The Labute approximate surface area is 88.8 Å². The summed E-state index contributed by atoms with van der Waals surface area (Å²) in [5.41, 5.74) is 8.03. The van der Waals surface area contributed by atoms with Crippen LogP contribution < -0.4 is 5.73 Å². The first-order chi connectivity index (χ1) is 7.20. The molecular weight excluding hydrogens is 188 g/mol. The van der Waals surface area contributed by atoms with Gasteiger partial charge in [0, 0.05) is 18.0 Å². The quantitative estimate of drug-likeness (QED) is 0.810. The molecule has 0 spiro atoms. The molecule has 15 heavy (non-hydrogen) atoms. The van der Waals surface area contributed by atoms with Crippen LogP contribution in [0.25, 0.3) is 5.69 Å². The highest BCUT2D eigenvalue weighted by atomic mass is 15.3. The molecule has 78 valence electrons. The van der Waals surface area contributed by atoms with Crippen molar-refractivity contribution in [2.75, 3.05) is 5.73 Å². The van der Waals surface area contributed by atoms with Crippen molar-refractivity contribution in [1.29, 1.82) is 0 Å². The van der Waals surface area contributed by atoms with Gasteiger partial charge in [0.25, 0.3) is 0 Å². The molecule has 0 unspecified atom stereocenters. The van der Waals surface area contributed by atoms with Crippen LogP contribution in [-0.2, 0) is 0 Å². The van der Waals surface area contributed by atoms with Crippen LogP contribution in [0.2, 0.25) is 0 Å². The smallest absolute Gasteiger partial charge is 0.130 e. The van der Waals surface area contributed by atoms with Crippen LogP contribution in [0.3, 0.4) is 0 Å². The van der Waals surface area contributed by atoms with Gasteiger partial charge in [0.2, 0.25) is 0 Å². The molecule has 0 aliphatic heterocycles. The number of pyridine rings is 1. The lowest BCUT2D eigenvalue weighted by Gasteiger charge is -2.06. The van der Waals surface area contributed by atoms with E-state index < -0.39 is 0 Å². The van der Waals surface area contributed by atoms with Crippen LogP contribution in [0.4, 0.5) is 5.82 Å². The number of nitrogens with two attached hydrogens (primary N) is 1. The van der Waals surface area contributed by atoms with E-state index in [4.69, 9.17) is 5.73 Å². The van der Waals surface area contributed by atoms with Crippen molar-refractivity contribution in [2.24, 2.45) is 0 Å². The van der Waals surface area contributed by atoms with Crippen molar-refractivity contribution < 1.29 is 0 Å². The van der Waals surface area contributed by atoms with E-state index in [1.54, 1.807) is 17.1 Å². The van der Waals surface area contributed by atoms with Gasteiger partial charge >= 0.3 is 0 Å². The second-order valence-corrected chi connectivity index (χ2v) is 3.76. The summed E-state index contributed by atoms with van der Waals surface area (Å²) in [7, 11) is 0. The van der Waals surface area contributed by atoms with E-state index in [1.807, 2.05) is 18.3 Å². The fraction of sp³-hybridized carbons (Fsp3) is 0.273. The number of nitrogen functional groups attached to an aromatic ring is 1. The molecule has 0 saturated heterocycles. The Balaban J connectivity index is 2.47. The number of aromatic nitrogens is 3. The molecule has 0 amide bonds. The van der Waals surface area contributed by atoms with E-state index in [1.165, 1.54) is 0 Å². The summed E-state index contributed by atoms with van der Waals surface area (Å²) in [6.45, 7) is 4.20. The van der Waals surface area contributed by atoms with Crippen LogP contribution in [-0.4, -0.2) is 14.8 Å². The van der Waals surface area contributed by atoms with Crippen LogP contribution in [0.15, 0.2) is 30.7 Å². The molecule has 2 N–H and O–H groups in total. The maximum Gasteiger partial charge on any atom is 0.130 e. The van der Waals surface area contributed by atoms with Crippen LogP contribution in [0.5, 0.6) is 0 Å². The minimum Gasteiger partial charge on any atom is -0.383 e. The third-order valence-electron chi connectivity index (χ3n) is 2.37. The fourth-order valence-electron chi connectivity index (χ4n) is 1.51. The fourth-order valence-corrected chi connectivity index (χ4v) is 1.51. The Morgan fingerprint density at radius 1 is 1.27 bits per heavy atom. The van der Waals surface area contributed by atoms with Crippen molar-refractivity contribution in [2.45, 2.75) is 19.8 Å². The summed E-state index contributed by atoms with van der Waals surface area (Å²) in [5.74, 6) is 1.09. The molecule has 4 heteroatoms. The van der Waals surface area contributed by atoms with Gasteiger partial charge < -0.3 is 5.73 Å². The summed E-state index contributed by atoms with van der Waals surface area (Å²) < 4.78 is 1.73. The van der Waals surface area contributed by atoms with E-state index >= 15 is 0 Å². The Bertz CT molecular complexity index is 445. The molecule has 0 radical (unpaired) electrons. The highest BCUT2D eigenvalue weighted by Gasteiger charge is 2.11. The molecular formula is C11H14N4. The maximum atomic E-state index is 6.02. The molecule has 0 bridgehead atoms. The zero-order valence-corrected chi connectivity index (χ0v) is 8.88. The van der Waals surface area contributed by atoms with E-state index in [2.05, 4.69) is 23.9 Å². The first-order valence-electron chi connectivity index (χ1n) is 4.94. The second kappa shape index (κ2) is 3.73. The van der Waals surface area contributed by atoms with Crippen molar-refractivity contribution in [3.05, 3.63) is 36.3 Å². The predicted octanol–water partition coefficient (Wildman–Crippen LogP) is 1.97. The van der Waals surface area contributed by atoms with E-state index in [-0.39, 0.29) is 0 Å². The van der Waals surface area contributed by atoms with Crippen molar-refractivity contribution in [3.8, 4) is 5.69 Å². The molecule has 2 aromatic rings.